The van der Waals surface area contributed by atoms with Crippen LogP contribution in [0.25, 0.3) is 0 Å². The predicted molar refractivity (Wildman–Crippen MR) is 179 cm³/mol. The minimum absolute atomic E-state index is 0.0122. The Labute approximate surface area is 279 Å². The number of rotatable bonds is 12. The van der Waals surface area contributed by atoms with Gasteiger partial charge in [-0.15, -0.1) is 0 Å². The van der Waals surface area contributed by atoms with Crippen molar-refractivity contribution in [2.45, 2.75) is 55.6 Å². The maximum Gasteiger partial charge on any atom is 0.264 e. The summed E-state index contributed by atoms with van der Waals surface area (Å²) in [5.74, 6) is -1.40. The van der Waals surface area contributed by atoms with E-state index in [2.05, 4.69) is 5.32 Å². The van der Waals surface area contributed by atoms with Gasteiger partial charge in [0.15, 0.2) is 0 Å². The van der Waals surface area contributed by atoms with E-state index in [1.807, 2.05) is 30.3 Å². The van der Waals surface area contributed by atoms with Crippen LogP contribution in [0.2, 0.25) is 10.0 Å². The van der Waals surface area contributed by atoms with Crippen LogP contribution in [0.1, 0.15) is 36.8 Å². The molecule has 1 atom stereocenters. The third kappa shape index (κ3) is 8.46. The molecule has 5 rings (SSSR count). The van der Waals surface area contributed by atoms with Gasteiger partial charge in [0.05, 0.1) is 10.6 Å². The van der Waals surface area contributed by atoms with Crippen molar-refractivity contribution in [2.75, 3.05) is 10.8 Å². The molecule has 4 aromatic rings. The van der Waals surface area contributed by atoms with Crippen molar-refractivity contribution in [3.63, 3.8) is 0 Å². The van der Waals surface area contributed by atoms with E-state index in [0.717, 1.165) is 35.6 Å². The highest BCUT2D eigenvalue weighted by Gasteiger charge is 2.35. The molecule has 1 N–H and O–H groups in total. The molecule has 0 spiro atoms. The number of nitrogens with zero attached hydrogens (tertiary/aromatic N) is 2. The molecule has 0 aromatic heterocycles. The second-order valence-electron chi connectivity index (χ2n) is 11.3. The Kier molecular flexibility index (Phi) is 11.0. The van der Waals surface area contributed by atoms with Crippen LogP contribution in [0.15, 0.2) is 108 Å². The topological polar surface area (TPSA) is 86.8 Å². The highest BCUT2D eigenvalue weighted by Crippen LogP contribution is 2.28. The highest BCUT2D eigenvalue weighted by molar-refractivity contribution is 7.92. The van der Waals surface area contributed by atoms with Crippen LogP contribution in [0.4, 0.5) is 10.1 Å². The fraction of sp³-hybridized carbons (Fsp3) is 0.257. The normalized spacial score (nSPS) is 14.1. The van der Waals surface area contributed by atoms with Gasteiger partial charge < -0.3 is 10.2 Å². The fourth-order valence-electron chi connectivity index (χ4n) is 5.60. The standard InChI is InChI=1S/C35H34Cl2FN3O4S/c36-27-15-19-32(20-16-27)46(44,45)41(31-12-6-9-28(37)22-31)24-34(42)40(23-26-13-17-29(38)18-14-26)33(21-25-7-2-1-3-8-25)35(43)39-30-10-4-5-11-30/h1-3,6-9,12-20,22,30,33H,4-5,10-11,21,23-24H2,(H,39,43)/t33-/m1/s1. The van der Waals surface area contributed by atoms with Gasteiger partial charge in [0.25, 0.3) is 10.0 Å². The lowest BCUT2D eigenvalue weighted by atomic mass is 10.0. The Hall–Kier alpha value is -3.92. The Morgan fingerprint density at radius 3 is 2.15 bits per heavy atom. The summed E-state index contributed by atoms with van der Waals surface area (Å²) < 4.78 is 43.0. The lowest BCUT2D eigenvalue weighted by molar-refractivity contribution is -0.140. The summed E-state index contributed by atoms with van der Waals surface area (Å²) in [6.45, 7) is -0.687. The van der Waals surface area contributed by atoms with E-state index in [0.29, 0.717) is 10.6 Å². The van der Waals surface area contributed by atoms with Crippen molar-refractivity contribution in [1.29, 1.82) is 0 Å². The summed E-state index contributed by atoms with van der Waals surface area (Å²) in [5.41, 5.74) is 1.58. The van der Waals surface area contributed by atoms with Crippen LogP contribution in [-0.2, 0) is 32.6 Å². The number of benzene rings is 4. The van der Waals surface area contributed by atoms with Crippen LogP contribution < -0.4 is 9.62 Å². The molecule has 4 aromatic carbocycles. The van der Waals surface area contributed by atoms with Crippen molar-refractivity contribution in [1.82, 2.24) is 10.2 Å². The average Bonchev–Trinajstić information content (AvgIpc) is 3.56. The van der Waals surface area contributed by atoms with Crippen LogP contribution in [-0.4, -0.2) is 43.8 Å². The number of sulfonamides is 1. The summed E-state index contributed by atoms with van der Waals surface area (Å²) >= 11 is 12.3. The lowest BCUT2D eigenvalue weighted by Gasteiger charge is -2.34. The largest absolute Gasteiger partial charge is 0.352 e. The highest BCUT2D eigenvalue weighted by atomic mass is 35.5. The molecule has 7 nitrogen and oxygen atoms in total. The maximum absolute atomic E-state index is 14.5. The monoisotopic (exact) mass is 681 g/mol. The number of amides is 2. The third-order valence-corrected chi connectivity index (χ3v) is 10.3. The van der Waals surface area contributed by atoms with Crippen molar-refractivity contribution in [2.24, 2.45) is 0 Å². The predicted octanol–water partition coefficient (Wildman–Crippen LogP) is 7.03. The summed E-state index contributed by atoms with van der Waals surface area (Å²) in [7, 11) is -4.30. The van der Waals surface area contributed by atoms with E-state index >= 15 is 0 Å². The molecule has 1 aliphatic rings. The zero-order valence-electron chi connectivity index (χ0n) is 25.0. The minimum atomic E-state index is -4.30. The minimum Gasteiger partial charge on any atom is -0.352 e. The number of nitrogens with one attached hydrogen (secondary N) is 1. The van der Waals surface area contributed by atoms with Gasteiger partial charge in [-0.3, -0.25) is 13.9 Å². The van der Waals surface area contributed by atoms with Crippen molar-refractivity contribution in [3.8, 4) is 0 Å². The van der Waals surface area contributed by atoms with E-state index in [-0.39, 0.29) is 40.5 Å². The maximum atomic E-state index is 14.5. The average molecular weight is 683 g/mol. The second kappa shape index (κ2) is 15.1. The van der Waals surface area contributed by atoms with E-state index in [9.17, 15) is 22.4 Å². The first-order valence-electron chi connectivity index (χ1n) is 15.0. The third-order valence-electron chi connectivity index (χ3n) is 8.02. The molecule has 0 radical (unpaired) electrons. The lowest BCUT2D eigenvalue weighted by Crippen LogP contribution is -2.54. The quantitative estimate of drug-likeness (QED) is 0.174. The van der Waals surface area contributed by atoms with E-state index < -0.39 is 34.3 Å². The second-order valence-corrected chi connectivity index (χ2v) is 14.0. The van der Waals surface area contributed by atoms with Gasteiger partial charge >= 0.3 is 0 Å². The number of hydrogen-bond acceptors (Lipinski definition) is 4. The zero-order chi connectivity index (χ0) is 32.7. The number of hydrogen-bond donors (Lipinski definition) is 1. The van der Waals surface area contributed by atoms with E-state index in [1.54, 1.807) is 30.3 Å². The summed E-state index contributed by atoms with van der Waals surface area (Å²) in [4.78, 5) is 29.8. The van der Waals surface area contributed by atoms with Gasteiger partial charge in [0, 0.05) is 29.1 Å². The first kappa shape index (κ1) is 33.4. The van der Waals surface area contributed by atoms with E-state index in [1.165, 1.54) is 47.4 Å². The molecule has 0 aliphatic heterocycles. The van der Waals surface area contributed by atoms with Crippen LogP contribution in [0.3, 0.4) is 0 Å². The number of carbonyl (C=O) groups is 2. The summed E-state index contributed by atoms with van der Waals surface area (Å²) in [6, 6.07) is 25.8. The fourth-order valence-corrected chi connectivity index (χ4v) is 7.32. The Balaban J connectivity index is 1.56. The molecule has 240 valence electrons. The molecule has 0 unspecified atom stereocenters. The molecule has 0 saturated heterocycles. The van der Waals surface area contributed by atoms with Gasteiger partial charge in [0.2, 0.25) is 11.8 Å². The van der Waals surface area contributed by atoms with Crippen molar-refractivity contribution in [3.05, 3.63) is 130 Å². The molecule has 1 fully saturated rings. The number of carbonyl (C=O) groups excluding carboxylic acids is 2. The molecule has 46 heavy (non-hydrogen) atoms. The molecule has 11 heteroatoms. The van der Waals surface area contributed by atoms with Gasteiger partial charge in [-0.2, -0.15) is 0 Å². The Morgan fingerprint density at radius 1 is 0.826 bits per heavy atom. The molecule has 0 bridgehead atoms. The summed E-state index contributed by atoms with van der Waals surface area (Å²) in [5, 5.41) is 3.76. The van der Waals surface area contributed by atoms with Crippen LogP contribution >= 0.6 is 23.2 Å². The first-order valence-corrected chi connectivity index (χ1v) is 17.2. The Morgan fingerprint density at radius 2 is 1.50 bits per heavy atom. The summed E-state index contributed by atoms with van der Waals surface area (Å²) in [6.07, 6.45) is 3.88. The van der Waals surface area contributed by atoms with E-state index in [4.69, 9.17) is 23.2 Å². The van der Waals surface area contributed by atoms with Crippen molar-refractivity contribution < 1.29 is 22.4 Å². The molecule has 1 saturated carbocycles. The molecular weight excluding hydrogens is 648 g/mol. The number of halogens is 3. The van der Waals surface area contributed by atoms with Gasteiger partial charge in [-0.1, -0.05) is 84.6 Å². The van der Waals surface area contributed by atoms with Gasteiger partial charge in [-0.25, -0.2) is 12.8 Å². The zero-order valence-corrected chi connectivity index (χ0v) is 27.3. The molecule has 2 amide bonds. The van der Waals surface area contributed by atoms with Gasteiger partial charge in [0.1, 0.15) is 18.4 Å². The number of anilines is 1. The molecule has 1 aliphatic carbocycles. The SMILES string of the molecule is O=C(NC1CCCC1)[C@@H](Cc1ccccc1)N(Cc1ccc(F)cc1)C(=O)CN(c1cccc(Cl)c1)S(=O)(=O)c1ccc(Cl)cc1. The van der Waals surface area contributed by atoms with Crippen LogP contribution in [0.5, 0.6) is 0 Å². The van der Waals surface area contributed by atoms with Crippen LogP contribution in [0, 0.1) is 5.82 Å². The first-order chi connectivity index (χ1) is 22.1. The van der Waals surface area contributed by atoms with Gasteiger partial charge in [-0.05, 0) is 78.6 Å². The molecule has 0 heterocycles. The van der Waals surface area contributed by atoms with Crippen molar-refractivity contribution >= 4 is 50.7 Å². The Bertz CT molecular complexity index is 1750. The molecular formula is C35H34Cl2FN3O4S. The smallest absolute Gasteiger partial charge is 0.264 e.